The number of barbiturate groups is 1. The Morgan fingerprint density at radius 3 is 2.39 bits per heavy atom. The predicted octanol–water partition coefficient (Wildman–Crippen LogP) is 5.85. The van der Waals surface area contributed by atoms with Crippen molar-refractivity contribution in [3.8, 4) is 11.5 Å². The van der Waals surface area contributed by atoms with E-state index >= 15 is 0 Å². The van der Waals surface area contributed by atoms with Gasteiger partial charge in [-0.1, -0.05) is 29.8 Å². The van der Waals surface area contributed by atoms with Gasteiger partial charge < -0.3 is 9.47 Å². The molecule has 0 aliphatic carbocycles. The maximum absolute atomic E-state index is 13.4. The summed E-state index contributed by atoms with van der Waals surface area (Å²) < 4.78 is 25.3. The Morgan fingerprint density at radius 2 is 1.74 bits per heavy atom. The quantitative estimate of drug-likeness (QED) is 0.211. The van der Waals surface area contributed by atoms with E-state index in [0.29, 0.717) is 35.1 Å². The second-order valence-electron chi connectivity index (χ2n) is 8.28. The van der Waals surface area contributed by atoms with E-state index < -0.39 is 23.7 Å². The van der Waals surface area contributed by atoms with Gasteiger partial charge in [0.2, 0.25) is 0 Å². The molecule has 1 aliphatic heterocycles. The van der Waals surface area contributed by atoms with E-state index in [4.69, 9.17) is 21.1 Å². The largest absolute Gasteiger partial charge is 0.490 e. The highest BCUT2D eigenvalue weighted by Crippen LogP contribution is 2.36. The number of allylic oxidation sites excluding steroid dienone is 1. The number of halogens is 2. The number of amides is 4. The molecule has 0 aromatic heterocycles. The number of nitrogens with one attached hydrogen (secondary N) is 1. The van der Waals surface area contributed by atoms with Crippen molar-refractivity contribution in [2.75, 3.05) is 11.5 Å². The van der Waals surface area contributed by atoms with E-state index in [0.717, 1.165) is 28.2 Å². The van der Waals surface area contributed by atoms with Crippen molar-refractivity contribution in [3.63, 3.8) is 0 Å². The van der Waals surface area contributed by atoms with E-state index in [9.17, 15) is 18.8 Å². The number of imide groups is 2. The van der Waals surface area contributed by atoms with Gasteiger partial charge in [-0.2, -0.15) is 0 Å². The van der Waals surface area contributed by atoms with E-state index in [-0.39, 0.29) is 17.9 Å². The van der Waals surface area contributed by atoms with E-state index in [2.05, 4.69) is 11.9 Å². The lowest BCUT2D eigenvalue weighted by molar-refractivity contribution is -0.122. The van der Waals surface area contributed by atoms with Crippen LogP contribution in [0.25, 0.3) is 6.08 Å². The van der Waals surface area contributed by atoms with E-state index in [1.54, 1.807) is 30.3 Å². The third-order valence-electron chi connectivity index (χ3n) is 5.61. The molecule has 7 nitrogen and oxygen atoms in total. The van der Waals surface area contributed by atoms with Crippen LogP contribution in [-0.4, -0.2) is 24.5 Å². The van der Waals surface area contributed by atoms with Crippen molar-refractivity contribution >= 4 is 41.2 Å². The summed E-state index contributed by atoms with van der Waals surface area (Å²) in [5.41, 5.74) is 1.97. The summed E-state index contributed by atoms with van der Waals surface area (Å²) in [4.78, 5) is 39.0. The minimum absolute atomic E-state index is 0.126. The second-order valence-corrected chi connectivity index (χ2v) is 8.72. The highest BCUT2D eigenvalue weighted by molar-refractivity contribution is 6.39. The van der Waals surface area contributed by atoms with Crippen molar-refractivity contribution in [2.24, 2.45) is 0 Å². The molecular formula is C29H24ClFN2O5. The highest BCUT2D eigenvalue weighted by atomic mass is 35.5. The first-order valence-corrected chi connectivity index (χ1v) is 12.1. The van der Waals surface area contributed by atoms with E-state index in [1.165, 1.54) is 18.2 Å². The lowest BCUT2D eigenvalue weighted by atomic mass is 10.0. The first-order chi connectivity index (χ1) is 18.3. The van der Waals surface area contributed by atoms with Crippen LogP contribution in [-0.2, 0) is 22.6 Å². The summed E-state index contributed by atoms with van der Waals surface area (Å²) in [5.74, 6) is -1.28. The molecule has 4 amide bonds. The third-order valence-corrected chi connectivity index (χ3v) is 5.86. The zero-order chi connectivity index (χ0) is 27.2. The first kappa shape index (κ1) is 26.6. The van der Waals surface area contributed by atoms with Gasteiger partial charge in [0.1, 0.15) is 18.0 Å². The van der Waals surface area contributed by atoms with Gasteiger partial charge >= 0.3 is 6.03 Å². The second kappa shape index (κ2) is 11.7. The fourth-order valence-electron chi connectivity index (χ4n) is 3.89. The average molecular weight is 535 g/mol. The monoisotopic (exact) mass is 534 g/mol. The number of carbonyl (C=O) groups is 3. The summed E-state index contributed by atoms with van der Waals surface area (Å²) in [6, 6.07) is 14.6. The molecule has 0 radical (unpaired) electrons. The third kappa shape index (κ3) is 5.92. The Morgan fingerprint density at radius 1 is 1.03 bits per heavy atom. The highest BCUT2D eigenvalue weighted by Gasteiger charge is 2.37. The van der Waals surface area contributed by atoms with Gasteiger partial charge in [0, 0.05) is 10.6 Å². The molecule has 194 valence electrons. The van der Waals surface area contributed by atoms with Crippen molar-refractivity contribution < 1.29 is 28.2 Å². The van der Waals surface area contributed by atoms with Crippen LogP contribution < -0.4 is 19.7 Å². The van der Waals surface area contributed by atoms with Crippen LogP contribution in [0.4, 0.5) is 14.9 Å². The predicted molar refractivity (Wildman–Crippen MR) is 143 cm³/mol. The first-order valence-electron chi connectivity index (χ1n) is 11.8. The Balaban J connectivity index is 1.71. The van der Waals surface area contributed by atoms with Crippen LogP contribution in [0, 0.1) is 5.82 Å². The summed E-state index contributed by atoms with van der Waals surface area (Å²) >= 11 is 5.97. The molecular weight excluding hydrogens is 511 g/mol. The molecule has 1 N–H and O–H groups in total. The maximum Gasteiger partial charge on any atom is 0.335 e. The molecule has 1 fully saturated rings. The number of carbonyl (C=O) groups excluding carboxylic acids is 3. The van der Waals surface area contributed by atoms with Gasteiger partial charge in [-0.3, -0.25) is 14.9 Å². The van der Waals surface area contributed by atoms with Gasteiger partial charge in [-0.15, -0.1) is 6.58 Å². The summed E-state index contributed by atoms with van der Waals surface area (Å²) in [7, 11) is 0. The zero-order valence-electron chi connectivity index (χ0n) is 20.5. The van der Waals surface area contributed by atoms with Crippen molar-refractivity contribution in [2.45, 2.75) is 20.0 Å². The van der Waals surface area contributed by atoms with Gasteiger partial charge in [-0.25, -0.2) is 14.1 Å². The Bertz CT molecular complexity index is 1420. The molecule has 1 heterocycles. The lowest BCUT2D eigenvalue weighted by Gasteiger charge is -2.26. The topological polar surface area (TPSA) is 84.9 Å². The van der Waals surface area contributed by atoms with Crippen molar-refractivity contribution in [1.29, 1.82) is 0 Å². The van der Waals surface area contributed by atoms with Gasteiger partial charge in [0.05, 0.1) is 12.3 Å². The maximum atomic E-state index is 13.4. The summed E-state index contributed by atoms with van der Waals surface area (Å²) in [5, 5.41) is 2.78. The number of benzene rings is 3. The molecule has 1 saturated heterocycles. The Labute approximate surface area is 224 Å². The molecule has 38 heavy (non-hydrogen) atoms. The van der Waals surface area contributed by atoms with Crippen LogP contribution in [0.1, 0.15) is 23.6 Å². The number of urea groups is 1. The lowest BCUT2D eigenvalue weighted by Crippen LogP contribution is -2.54. The summed E-state index contributed by atoms with van der Waals surface area (Å²) in [6.07, 6.45) is 3.50. The fraction of sp³-hybridized carbons (Fsp3) is 0.138. The minimum atomic E-state index is -0.919. The normalized spacial score (nSPS) is 14.4. The Hall–Kier alpha value is -4.43. The molecule has 3 aromatic rings. The number of hydrogen-bond acceptors (Lipinski definition) is 5. The van der Waals surface area contributed by atoms with Crippen LogP contribution in [0.3, 0.4) is 0 Å². The molecule has 0 bridgehead atoms. The molecule has 9 heteroatoms. The van der Waals surface area contributed by atoms with Crippen LogP contribution in [0.2, 0.25) is 5.02 Å². The van der Waals surface area contributed by atoms with Gasteiger partial charge in [0.25, 0.3) is 11.8 Å². The molecule has 1 aliphatic rings. The van der Waals surface area contributed by atoms with Crippen LogP contribution in [0.15, 0.2) is 78.9 Å². The fourth-order valence-corrected chi connectivity index (χ4v) is 4.01. The smallest absolute Gasteiger partial charge is 0.335 e. The zero-order valence-corrected chi connectivity index (χ0v) is 21.3. The molecule has 3 aromatic carbocycles. The van der Waals surface area contributed by atoms with Crippen molar-refractivity contribution in [3.05, 3.63) is 106 Å². The Kier molecular flexibility index (Phi) is 8.23. The molecule has 0 unspecified atom stereocenters. The average Bonchev–Trinajstić information content (AvgIpc) is 2.88. The molecule has 0 saturated carbocycles. The molecule has 4 rings (SSSR count). The van der Waals surface area contributed by atoms with Gasteiger partial charge in [-0.05, 0) is 79.1 Å². The molecule has 0 spiro atoms. The van der Waals surface area contributed by atoms with E-state index in [1.807, 2.05) is 19.1 Å². The van der Waals surface area contributed by atoms with Crippen LogP contribution in [0.5, 0.6) is 11.5 Å². The van der Waals surface area contributed by atoms with Crippen LogP contribution >= 0.6 is 11.6 Å². The standard InChI is InChI=1S/C29H24ClFN2O5/c1-3-5-20-14-19(16-25(37-4-2)26(20)38-17-18-6-8-21(30)9-7-18)15-24-27(34)32-29(36)33(28(24)35)23-12-10-22(31)11-13-23/h3,6-16H,1,4-5,17H2,2H3,(H,32,34,36)/b24-15+. The SMILES string of the molecule is C=CCc1cc(/C=C2\C(=O)NC(=O)N(c3ccc(F)cc3)C2=O)cc(OCC)c1OCc1ccc(Cl)cc1. The number of rotatable bonds is 9. The van der Waals surface area contributed by atoms with Crippen molar-refractivity contribution in [1.82, 2.24) is 5.32 Å². The number of nitrogens with zero attached hydrogens (tertiary/aromatic N) is 1. The number of hydrogen-bond donors (Lipinski definition) is 1. The summed E-state index contributed by atoms with van der Waals surface area (Å²) in [6.45, 7) is 6.24. The molecule has 0 atom stereocenters. The number of ether oxygens (including phenoxy) is 2. The number of anilines is 1. The minimum Gasteiger partial charge on any atom is -0.490 e. The van der Waals surface area contributed by atoms with Gasteiger partial charge in [0.15, 0.2) is 11.5 Å².